The first-order valence-corrected chi connectivity index (χ1v) is 13.9. The number of aromatic hydroxyl groups is 1. The standard InChI is InChI=1S/C29H23BrN2O7S/c1-13-8-15-9-14(4-7-20(15)39-13)25(33)23-24(16-10-18(30)26(34)21(11-16)38-3)32(28(36)27(23)35)29-31-19-6-5-17(37-2)12-22(19)40-29/h4-7,9-13,24,33-34H,8H2,1-3H3/t13-,24+/m0/s1. The topological polar surface area (TPSA) is 118 Å². The van der Waals surface area contributed by atoms with Crippen molar-refractivity contribution in [2.24, 2.45) is 0 Å². The van der Waals surface area contributed by atoms with E-state index in [2.05, 4.69) is 20.9 Å². The minimum absolute atomic E-state index is 0.00236. The fourth-order valence-electron chi connectivity index (χ4n) is 5.10. The molecule has 1 amide bonds. The number of hydrogen-bond acceptors (Lipinski definition) is 9. The second-order valence-corrected chi connectivity index (χ2v) is 11.4. The SMILES string of the molecule is COc1ccc2nc(N3C(=O)C(=O)C(=C(O)c4ccc5c(c4)C[C@H](C)O5)[C@H]3c3cc(Br)c(O)c(OC)c3)sc2c1. The molecule has 2 aliphatic heterocycles. The average molecular weight is 623 g/mol. The Labute approximate surface area is 241 Å². The largest absolute Gasteiger partial charge is 0.507 e. The quantitative estimate of drug-likeness (QED) is 0.164. The van der Waals surface area contributed by atoms with Gasteiger partial charge in [0, 0.05) is 12.0 Å². The number of phenolic OH excluding ortho intramolecular Hbond substituents is 1. The second-order valence-electron chi connectivity index (χ2n) is 9.51. The fourth-order valence-corrected chi connectivity index (χ4v) is 6.58. The van der Waals surface area contributed by atoms with E-state index in [1.54, 1.807) is 49.6 Å². The number of Topliss-reactive ketones (excluding diaryl/α,β-unsaturated/α-hetero) is 1. The molecule has 0 saturated carbocycles. The van der Waals surface area contributed by atoms with Crippen LogP contribution in [0, 0.1) is 0 Å². The molecule has 0 aliphatic carbocycles. The Hall–Kier alpha value is -4.09. The molecule has 1 saturated heterocycles. The van der Waals surface area contributed by atoms with Gasteiger partial charge in [-0.1, -0.05) is 11.3 Å². The van der Waals surface area contributed by atoms with Gasteiger partial charge in [-0.05, 0) is 82.5 Å². The number of ketones is 1. The molecular weight excluding hydrogens is 600 g/mol. The lowest BCUT2D eigenvalue weighted by molar-refractivity contribution is -0.132. The summed E-state index contributed by atoms with van der Waals surface area (Å²) >= 11 is 4.56. The Kier molecular flexibility index (Phi) is 6.42. The number of methoxy groups -OCH3 is 2. The maximum atomic E-state index is 13.6. The van der Waals surface area contributed by atoms with Crippen molar-refractivity contribution < 1.29 is 34.0 Å². The minimum atomic E-state index is -1.06. The Morgan fingerprint density at radius 2 is 1.93 bits per heavy atom. The molecule has 3 aromatic carbocycles. The molecule has 0 radical (unpaired) electrons. The molecule has 6 rings (SSSR count). The lowest BCUT2D eigenvalue weighted by Gasteiger charge is -2.24. The van der Waals surface area contributed by atoms with Crippen LogP contribution in [0.15, 0.2) is 58.6 Å². The number of nitrogens with zero attached hydrogens (tertiary/aromatic N) is 2. The van der Waals surface area contributed by atoms with Gasteiger partial charge >= 0.3 is 5.91 Å². The van der Waals surface area contributed by atoms with E-state index in [0.29, 0.717) is 33.3 Å². The summed E-state index contributed by atoms with van der Waals surface area (Å²) in [6.45, 7) is 1.95. The third kappa shape index (κ3) is 4.16. The number of aliphatic hydroxyl groups excluding tert-OH is 1. The lowest BCUT2D eigenvalue weighted by Crippen LogP contribution is -2.29. The molecular formula is C29H23BrN2O7S. The zero-order valence-corrected chi connectivity index (χ0v) is 24.0. The van der Waals surface area contributed by atoms with Crippen LogP contribution < -0.4 is 19.1 Å². The third-order valence-corrected chi connectivity index (χ3v) is 8.61. The molecule has 9 nitrogen and oxygen atoms in total. The van der Waals surface area contributed by atoms with Crippen LogP contribution in [0.2, 0.25) is 0 Å². The van der Waals surface area contributed by atoms with Crippen molar-refractivity contribution in [2.45, 2.75) is 25.5 Å². The molecule has 1 aromatic heterocycles. The number of aliphatic hydroxyl groups is 1. The van der Waals surface area contributed by atoms with Crippen LogP contribution in [-0.4, -0.2) is 47.2 Å². The predicted octanol–water partition coefficient (Wildman–Crippen LogP) is 5.73. The monoisotopic (exact) mass is 622 g/mol. The Morgan fingerprint density at radius 3 is 2.67 bits per heavy atom. The van der Waals surface area contributed by atoms with E-state index in [-0.39, 0.29) is 34.1 Å². The van der Waals surface area contributed by atoms with Crippen molar-refractivity contribution in [3.63, 3.8) is 0 Å². The molecule has 0 spiro atoms. The number of carbonyl (C=O) groups excluding carboxylic acids is 2. The van der Waals surface area contributed by atoms with Crippen molar-refractivity contribution in [1.82, 2.24) is 4.98 Å². The summed E-state index contributed by atoms with van der Waals surface area (Å²) in [6, 6.07) is 12.6. The van der Waals surface area contributed by atoms with Crippen LogP contribution in [0.25, 0.3) is 16.0 Å². The molecule has 40 heavy (non-hydrogen) atoms. The fraction of sp³-hybridized carbons (Fsp3) is 0.207. The molecule has 1 fully saturated rings. The van der Waals surface area contributed by atoms with Gasteiger partial charge in [0.1, 0.15) is 23.4 Å². The number of carbonyl (C=O) groups is 2. The molecule has 2 aliphatic rings. The van der Waals surface area contributed by atoms with Gasteiger partial charge in [0.2, 0.25) is 0 Å². The highest BCUT2D eigenvalue weighted by Gasteiger charge is 2.48. The van der Waals surface area contributed by atoms with Crippen molar-refractivity contribution in [3.8, 4) is 23.0 Å². The molecule has 2 atom stereocenters. The summed E-state index contributed by atoms with van der Waals surface area (Å²) in [6.07, 6.45) is 0.656. The minimum Gasteiger partial charge on any atom is -0.507 e. The number of aromatic nitrogens is 1. The van der Waals surface area contributed by atoms with Crippen molar-refractivity contribution in [2.75, 3.05) is 19.1 Å². The number of thiazole rings is 1. The molecule has 11 heteroatoms. The smallest absolute Gasteiger partial charge is 0.301 e. The number of anilines is 1. The highest BCUT2D eigenvalue weighted by Crippen LogP contribution is 2.47. The van der Waals surface area contributed by atoms with Gasteiger partial charge < -0.3 is 24.4 Å². The molecule has 204 valence electrons. The van der Waals surface area contributed by atoms with Gasteiger partial charge in [-0.3, -0.25) is 14.5 Å². The van der Waals surface area contributed by atoms with Crippen LogP contribution in [0.3, 0.4) is 0 Å². The molecule has 0 bridgehead atoms. The normalized spacial score (nSPS) is 19.6. The summed E-state index contributed by atoms with van der Waals surface area (Å²) < 4.78 is 17.5. The van der Waals surface area contributed by atoms with Crippen molar-refractivity contribution in [1.29, 1.82) is 0 Å². The van der Waals surface area contributed by atoms with Gasteiger partial charge in [0.05, 0.1) is 40.5 Å². The van der Waals surface area contributed by atoms with Crippen molar-refractivity contribution >= 4 is 60.1 Å². The van der Waals surface area contributed by atoms with E-state index < -0.39 is 17.7 Å². The first kappa shape index (κ1) is 26.1. The average Bonchev–Trinajstić information content (AvgIpc) is 3.61. The summed E-state index contributed by atoms with van der Waals surface area (Å²) in [5.74, 6) is -0.664. The number of phenols is 1. The summed E-state index contributed by atoms with van der Waals surface area (Å²) in [7, 11) is 2.96. The summed E-state index contributed by atoms with van der Waals surface area (Å²) in [5, 5.41) is 22.3. The zero-order valence-electron chi connectivity index (χ0n) is 21.6. The van der Waals surface area contributed by atoms with E-state index in [1.165, 1.54) is 29.4 Å². The van der Waals surface area contributed by atoms with E-state index in [4.69, 9.17) is 14.2 Å². The number of benzene rings is 3. The number of halogens is 1. The lowest BCUT2D eigenvalue weighted by atomic mass is 9.94. The van der Waals surface area contributed by atoms with Crippen LogP contribution in [0.1, 0.15) is 29.7 Å². The van der Waals surface area contributed by atoms with Gasteiger partial charge in [0.15, 0.2) is 16.6 Å². The van der Waals surface area contributed by atoms with E-state index in [9.17, 15) is 19.8 Å². The number of rotatable bonds is 5. The number of hydrogen-bond donors (Lipinski definition) is 2. The van der Waals surface area contributed by atoms with Gasteiger partial charge in [-0.15, -0.1) is 0 Å². The summed E-state index contributed by atoms with van der Waals surface area (Å²) in [5.41, 5.74) is 2.24. The van der Waals surface area contributed by atoms with Gasteiger partial charge in [0.25, 0.3) is 5.78 Å². The number of fused-ring (bicyclic) bond motifs is 2. The van der Waals surface area contributed by atoms with E-state index in [1.807, 2.05) is 6.92 Å². The maximum absolute atomic E-state index is 13.6. The van der Waals surface area contributed by atoms with Crippen LogP contribution in [-0.2, 0) is 16.0 Å². The predicted molar refractivity (Wildman–Crippen MR) is 154 cm³/mol. The highest BCUT2D eigenvalue weighted by molar-refractivity contribution is 9.10. The van der Waals surface area contributed by atoms with Gasteiger partial charge in [-0.25, -0.2) is 4.98 Å². The van der Waals surface area contributed by atoms with Crippen LogP contribution >= 0.6 is 27.3 Å². The maximum Gasteiger partial charge on any atom is 0.301 e. The Balaban J connectivity index is 1.57. The first-order chi connectivity index (χ1) is 19.2. The highest BCUT2D eigenvalue weighted by atomic mass is 79.9. The molecule has 3 heterocycles. The number of ether oxygens (including phenoxy) is 3. The third-order valence-electron chi connectivity index (χ3n) is 6.99. The Bertz CT molecular complexity index is 1750. The van der Waals surface area contributed by atoms with E-state index >= 15 is 0 Å². The first-order valence-electron chi connectivity index (χ1n) is 12.3. The van der Waals surface area contributed by atoms with E-state index in [0.717, 1.165) is 16.0 Å². The Morgan fingerprint density at radius 1 is 1.12 bits per heavy atom. The number of amides is 1. The zero-order chi connectivity index (χ0) is 28.3. The van der Waals surface area contributed by atoms with Crippen LogP contribution in [0.5, 0.6) is 23.0 Å². The second kappa shape index (κ2) is 9.83. The van der Waals surface area contributed by atoms with Crippen molar-refractivity contribution in [3.05, 3.63) is 75.3 Å². The van der Waals surface area contributed by atoms with Gasteiger partial charge in [-0.2, -0.15) is 0 Å². The molecule has 0 unspecified atom stereocenters. The summed E-state index contributed by atoms with van der Waals surface area (Å²) in [4.78, 5) is 33.2. The molecule has 4 aromatic rings. The molecule has 2 N–H and O–H groups in total. The van der Waals surface area contributed by atoms with Crippen LogP contribution in [0.4, 0.5) is 5.13 Å².